The van der Waals surface area contributed by atoms with E-state index in [1.807, 2.05) is 18.0 Å². The average molecular weight is 252 g/mol. The Morgan fingerprint density at radius 1 is 1.47 bits per heavy atom. The maximum atomic E-state index is 13.6. The smallest absolute Gasteiger partial charge is 0.146 e. The number of nitrogens with zero attached hydrogens (tertiary/aromatic N) is 1. The SMILES string of the molecule is CN(CC1(CC(N)=S)CC1)c1ccccc1F. The first-order valence-electron chi connectivity index (χ1n) is 5.76. The highest BCUT2D eigenvalue weighted by atomic mass is 32.1. The molecule has 0 atom stereocenters. The van der Waals surface area contributed by atoms with E-state index < -0.39 is 0 Å². The standard InChI is InChI=1S/C13H17FN2S/c1-16(11-5-3-2-4-10(11)14)9-13(6-7-13)8-12(15)17/h2-5H,6-9H2,1H3,(H2,15,17). The Labute approximate surface area is 107 Å². The minimum absolute atomic E-state index is 0.180. The number of hydrogen-bond donors (Lipinski definition) is 1. The molecule has 1 aliphatic carbocycles. The molecule has 2 nitrogen and oxygen atoms in total. The van der Waals surface area contributed by atoms with E-state index in [2.05, 4.69) is 0 Å². The van der Waals surface area contributed by atoms with Gasteiger partial charge in [-0.15, -0.1) is 0 Å². The minimum Gasteiger partial charge on any atom is -0.393 e. The van der Waals surface area contributed by atoms with Gasteiger partial charge in [0.1, 0.15) is 5.82 Å². The third-order valence-corrected chi connectivity index (χ3v) is 3.49. The Balaban J connectivity index is 2.05. The van der Waals surface area contributed by atoms with Crippen LogP contribution in [0.15, 0.2) is 24.3 Å². The first-order valence-corrected chi connectivity index (χ1v) is 6.17. The van der Waals surface area contributed by atoms with Crippen molar-refractivity contribution in [3.63, 3.8) is 0 Å². The summed E-state index contributed by atoms with van der Waals surface area (Å²) < 4.78 is 13.6. The first-order chi connectivity index (χ1) is 8.02. The molecule has 0 aromatic heterocycles. The second kappa shape index (κ2) is 4.61. The van der Waals surface area contributed by atoms with E-state index in [1.165, 1.54) is 6.07 Å². The van der Waals surface area contributed by atoms with Gasteiger partial charge in [0.15, 0.2) is 0 Å². The molecule has 1 aliphatic rings. The van der Waals surface area contributed by atoms with Crippen molar-refractivity contribution < 1.29 is 4.39 Å². The summed E-state index contributed by atoms with van der Waals surface area (Å²) in [6.07, 6.45) is 3.02. The fraction of sp³-hybridized carbons (Fsp3) is 0.462. The molecule has 17 heavy (non-hydrogen) atoms. The van der Waals surface area contributed by atoms with Gasteiger partial charge in [-0.2, -0.15) is 0 Å². The molecule has 92 valence electrons. The molecule has 0 heterocycles. The highest BCUT2D eigenvalue weighted by Crippen LogP contribution is 2.49. The zero-order valence-corrected chi connectivity index (χ0v) is 10.8. The zero-order chi connectivity index (χ0) is 12.5. The second-order valence-corrected chi connectivity index (χ2v) is 5.47. The van der Waals surface area contributed by atoms with Gasteiger partial charge < -0.3 is 10.6 Å². The monoisotopic (exact) mass is 252 g/mol. The van der Waals surface area contributed by atoms with Crippen molar-refractivity contribution in [1.82, 2.24) is 0 Å². The van der Waals surface area contributed by atoms with E-state index in [4.69, 9.17) is 18.0 Å². The molecule has 0 unspecified atom stereocenters. The van der Waals surface area contributed by atoms with Crippen LogP contribution < -0.4 is 10.6 Å². The van der Waals surface area contributed by atoms with Gasteiger partial charge in [-0.3, -0.25) is 0 Å². The number of rotatable bonds is 5. The van der Waals surface area contributed by atoms with Crippen molar-refractivity contribution in [2.45, 2.75) is 19.3 Å². The van der Waals surface area contributed by atoms with Crippen LogP contribution in [0.3, 0.4) is 0 Å². The summed E-state index contributed by atoms with van der Waals surface area (Å²) in [5, 5.41) is 0. The van der Waals surface area contributed by atoms with Crippen LogP contribution in [0.1, 0.15) is 19.3 Å². The van der Waals surface area contributed by atoms with Gasteiger partial charge in [-0.1, -0.05) is 24.4 Å². The van der Waals surface area contributed by atoms with Gasteiger partial charge in [-0.05, 0) is 30.4 Å². The molecule has 0 bridgehead atoms. The van der Waals surface area contributed by atoms with Crippen LogP contribution in [-0.2, 0) is 0 Å². The molecular weight excluding hydrogens is 235 g/mol. The van der Waals surface area contributed by atoms with E-state index in [1.54, 1.807) is 12.1 Å². The third-order valence-electron chi connectivity index (χ3n) is 3.34. The molecule has 0 aliphatic heterocycles. The van der Waals surface area contributed by atoms with Crippen LogP contribution in [-0.4, -0.2) is 18.6 Å². The summed E-state index contributed by atoms with van der Waals surface area (Å²) in [7, 11) is 1.91. The summed E-state index contributed by atoms with van der Waals surface area (Å²) >= 11 is 4.96. The van der Waals surface area contributed by atoms with Crippen LogP contribution >= 0.6 is 12.2 Å². The summed E-state index contributed by atoms with van der Waals surface area (Å²) in [5.41, 5.74) is 6.43. The Morgan fingerprint density at radius 3 is 2.65 bits per heavy atom. The van der Waals surface area contributed by atoms with Crippen LogP contribution in [0.4, 0.5) is 10.1 Å². The van der Waals surface area contributed by atoms with Gasteiger partial charge in [0.2, 0.25) is 0 Å². The molecule has 2 N–H and O–H groups in total. The van der Waals surface area contributed by atoms with E-state index >= 15 is 0 Å². The molecule has 0 radical (unpaired) electrons. The predicted octanol–water partition coefficient (Wildman–Crippen LogP) is 2.72. The molecule has 0 amide bonds. The van der Waals surface area contributed by atoms with E-state index in [9.17, 15) is 4.39 Å². The fourth-order valence-corrected chi connectivity index (χ4v) is 2.59. The van der Waals surface area contributed by atoms with E-state index in [0.29, 0.717) is 10.7 Å². The lowest BCUT2D eigenvalue weighted by atomic mass is 10.0. The Kier molecular flexibility index (Phi) is 3.33. The Morgan fingerprint density at radius 2 is 2.12 bits per heavy atom. The van der Waals surface area contributed by atoms with E-state index in [0.717, 1.165) is 25.8 Å². The van der Waals surface area contributed by atoms with E-state index in [-0.39, 0.29) is 11.2 Å². The molecule has 0 saturated heterocycles. The molecule has 4 heteroatoms. The molecule has 1 aromatic carbocycles. The maximum absolute atomic E-state index is 13.6. The summed E-state index contributed by atoms with van der Waals surface area (Å²) in [5.74, 6) is -0.180. The zero-order valence-electron chi connectivity index (χ0n) is 9.95. The van der Waals surface area contributed by atoms with Crippen molar-refractivity contribution in [3.8, 4) is 0 Å². The van der Waals surface area contributed by atoms with Crippen LogP contribution in [0.2, 0.25) is 0 Å². The van der Waals surface area contributed by atoms with Crippen molar-refractivity contribution >= 4 is 22.9 Å². The van der Waals surface area contributed by atoms with Gasteiger partial charge in [-0.25, -0.2) is 4.39 Å². The summed E-state index contributed by atoms with van der Waals surface area (Å²) in [6.45, 7) is 0.811. The normalized spacial score (nSPS) is 16.6. The second-order valence-electron chi connectivity index (χ2n) is 4.95. The number of benzene rings is 1. The lowest BCUT2D eigenvalue weighted by Crippen LogP contribution is -2.29. The van der Waals surface area contributed by atoms with Crippen molar-refractivity contribution in [2.75, 3.05) is 18.5 Å². The number of para-hydroxylation sites is 1. The van der Waals surface area contributed by atoms with Gasteiger partial charge in [0.25, 0.3) is 0 Å². The van der Waals surface area contributed by atoms with Crippen LogP contribution in [0, 0.1) is 11.2 Å². The van der Waals surface area contributed by atoms with Gasteiger partial charge >= 0.3 is 0 Å². The highest BCUT2D eigenvalue weighted by molar-refractivity contribution is 7.80. The largest absolute Gasteiger partial charge is 0.393 e. The topological polar surface area (TPSA) is 29.3 Å². The first kappa shape index (κ1) is 12.3. The van der Waals surface area contributed by atoms with Crippen molar-refractivity contribution in [1.29, 1.82) is 0 Å². The molecular formula is C13H17FN2S. The molecule has 0 spiro atoms. The maximum Gasteiger partial charge on any atom is 0.146 e. The fourth-order valence-electron chi connectivity index (χ4n) is 2.29. The number of hydrogen-bond acceptors (Lipinski definition) is 2. The van der Waals surface area contributed by atoms with Gasteiger partial charge in [0.05, 0.1) is 10.7 Å². The molecule has 1 fully saturated rings. The quantitative estimate of drug-likeness (QED) is 0.817. The lowest BCUT2D eigenvalue weighted by Gasteiger charge is -2.25. The van der Waals surface area contributed by atoms with Crippen molar-refractivity contribution in [2.24, 2.45) is 11.1 Å². The Bertz CT molecular complexity index is 429. The number of thiocarbonyl (C=S) groups is 1. The molecule has 1 aromatic rings. The molecule has 2 rings (SSSR count). The Hall–Kier alpha value is -1.16. The average Bonchev–Trinajstić information content (AvgIpc) is 2.97. The number of halogens is 1. The minimum atomic E-state index is -0.180. The number of anilines is 1. The summed E-state index contributed by atoms with van der Waals surface area (Å²) in [6, 6.07) is 6.84. The third kappa shape index (κ3) is 2.94. The lowest BCUT2D eigenvalue weighted by molar-refractivity contribution is 0.526. The van der Waals surface area contributed by atoms with Crippen LogP contribution in [0.25, 0.3) is 0 Å². The van der Waals surface area contributed by atoms with Crippen molar-refractivity contribution in [3.05, 3.63) is 30.1 Å². The predicted molar refractivity (Wildman–Crippen MR) is 72.7 cm³/mol. The van der Waals surface area contributed by atoms with Crippen LogP contribution in [0.5, 0.6) is 0 Å². The van der Waals surface area contributed by atoms with Gasteiger partial charge in [0, 0.05) is 20.0 Å². The number of nitrogens with two attached hydrogens (primary N) is 1. The highest BCUT2D eigenvalue weighted by Gasteiger charge is 2.43. The molecule has 1 saturated carbocycles. The summed E-state index contributed by atoms with van der Waals surface area (Å²) in [4.78, 5) is 2.52.